The van der Waals surface area contributed by atoms with E-state index >= 15 is 0 Å². The number of hydrogen-bond donors (Lipinski definition) is 1. The summed E-state index contributed by atoms with van der Waals surface area (Å²) in [5.41, 5.74) is 0. The molecular formula is C6H9ClN2. The van der Waals surface area contributed by atoms with E-state index in [1.54, 1.807) is 0 Å². The molecule has 1 saturated carbocycles. The zero-order chi connectivity index (χ0) is 5.56. The maximum absolute atomic E-state index is 8.39. The Hall–Kier alpha value is -0.260. The van der Waals surface area contributed by atoms with E-state index in [-0.39, 0.29) is 18.4 Å². The van der Waals surface area contributed by atoms with Crippen LogP contribution in [0.2, 0.25) is 0 Å². The SMILES string of the molecule is Cl.N#CC1CC2CC2N1. The summed E-state index contributed by atoms with van der Waals surface area (Å²) in [5, 5.41) is 11.6. The van der Waals surface area contributed by atoms with E-state index < -0.39 is 0 Å². The molecule has 0 radical (unpaired) electrons. The van der Waals surface area contributed by atoms with Gasteiger partial charge in [-0.15, -0.1) is 12.4 Å². The standard InChI is InChI=1S/C6H8N2.ClH/c7-3-5-1-4-2-6(4)8-5;/h4-6,8H,1-2H2;1H. The molecule has 3 heteroatoms. The van der Waals surface area contributed by atoms with Crippen LogP contribution in [0.4, 0.5) is 0 Å². The minimum Gasteiger partial charge on any atom is -0.299 e. The van der Waals surface area contributed by atoms with Gasteiger partial charge < -0.3 is 0 Å². The minimum atomic E-state index is 0. The Morgan fingerprint density at radius 1 is 1.44 bits per heavy atom. The van der Waals surface area contributed by atoms with E-state index in [9.17, 15) is 0 Å². The summed E-state index contributed by atoms with van der Waals surface area (Å²) in [7, 11) is 0. The van der Waals surface area contributed by atoms with Crippen molar-refractivity contribution in [2.45, 2.75) is 24.9 Å². The third-order valence-corrected chi connectivity index (χ3v) is 2.03. The molecule has 1 heterocycles. The third kappa shape index (κ3) is 1.03. The van der Waals surface area contributed by atoms with Crippen LogP contribution in [0.15, 0.2) is 0 Å². The fourth-order valence-electron chi connectivity index (χ4n) is 1.43. The predicted molar refractivity (Wildman–Crippen MR) is 36.3 cm³/mol. The van der Waals surface area contributed by atoms with Gasteiger partial charge in [0.15, 0.2) is 0 Å². The van der Waals surface area contributed by atoms with Gasteiger partial charge in [-0.2, -0.15) is 5.26 Å². The van der Waals surface area contributed by atoms with Crippen LogP contribution in [0, 0.1) is 17.2 Å². The maximum Gasteiger partial charge on any atom is 0.0958 e. The minimum absolute atomic E-state index is 0. The van der Waals surface area contributed by atoms with Crippen LogP contribution in [0.25, 0.3) is 0 Å². The van der Waals surface area contributed by atoms with Crippen molar-refractivity contribution in [2.75, 3.05) is 0 Å². The van der Waals surface area contributed by atoms with Crippen LogP contribution in [0.5, 0.6) is 0 Å². The van der Waals surface area contributed by atoms with Crippen molar-refractivity contribution in [2.24, 2.45) is 5.92 Å². The van der Waals surface area contributed by atoms with Gasteiger partial charge in [-0.1, -0.05) is 0 Å². The van der Waals surface area contributed by atoms with Crippen LogP contribution >= 0.6 is 12.4 Å². The summed E-state index contributed by atoms with van der Waals surface area (Å²) >= 11 is 0. The Labute approximate surface area is 60.6 Å². The normalized spacial score (nSPS) is 44.6. The molecular weight excluding hydrogens is 136 g/mol. The lowest BCUT2D eigenvalue weighted by Gasteiger charge is -1.98. The maximum atomic E-state index is 8.39. The summed E-state index contributed by atoms with van der Waals surface area (Å²) in [6, 6.07) is 3.11. The van der Waals surface area contributed by atoms with Crippen LogP contribution < -0.4 is 5.32 Å². The van der Waals surface area contributed by atoms with Gasteiger partial charge >= 0.3 is 0 Å². The average molecular weight is 145 g/mol. The van der Waals surface area contributed by atoms with E-state index in [0.29, 0.717) is 0 Å². The second kappa shape index (κ2) is 2.17. The second-order valence-corrected chi connectivity index (χ2v) is 2.69. The van der Waals surface area contributed by atoms with E-state index in [2.05, 4.69) is 11.4 Å². The van der Waals surface area contributed by atoms with Crippen molar-refractivity contribution in [3.8, 4) is 6.07 Å². The zero-order valence-corrected chi connectivity index (χ0v) is 5.82. The fourth-order valence-corrected chi connectivity index (χ4v) is 1.43. The van der Waals surface area contributed by atoms with Crippen molar-refractivity contribution in [3.63, 3.8) is 0 Å². The zero-order valence-electron chi connectivity index (χ0n) is 5.00. The Bertz CT molecular complexity index is 142. The van der Waals surface area contributed by atoms with Crippen LogP contribution in [-0.2, 0) is 0 Å². The molecule has 2 aliphatic rings. The lowest BCUT2D eigenvalue weighted by atomic mass is 10.2. The Morgan fingerprint density at radius 3 is 2.56 bits per heavy atom. The lowest BCUT2D eigenvalue weighted by molar-refractivity contribution is 0.643. The molecule has 50 valence electrons. The molecule has 2 fully saturated rings. The molecule has 0 aromatic heterocycles. The Balaban J connectivity index is 0.000000405. The summed E-state index contributed by atoms with van der Waals surface area (Å²) in [5.74, 6) is 0.861. The smallest absolute Gasteiger partial charge is 0.0958 e. The molecule has 9 heavy (non-hydrogen) atoms. The number of hydrogen-bond acceptors (Lipinski definition) is 2. The first-order valence-corrected chi connectivity index (χ1v) is 3.06. The van der Waals surface area contributed by atoms with Crippen LogP contribution in [0.3, 0.4) is 0 Å². The average Bonchev–Trinajstić information content (AvgIpc) is 2.40. The predicted octanol–water partition coefficient (Wildman–Crippen LogP) is 0.682. The first kappa shape index (κ1) is 6.85. The van der Waals surface area contributed by atoms with Gasteiger partial charge in [-0.05, 0) is 18.8 Å². The first-order valence-electron chi connectivity index (χ1n) is 3.06. The monoisotopic (exact) mass is 144 g/mol. The first-order chi connectivity index (χ1) is 3.90. The Morgan fingerprint density at radius 2 is 2.22 bits per heavy atom. The molecule has 0 aromatic carbocycles. The largest absolute Gasteiger partial charge is 0.299 e. The Kier molecular flexibility index (Phi) is 1.65. The molecule has 2 rings (SSSR count). The quantitative estimate of drug-likeness (QED) is 0.543. The number of fused-ring (bicyclic) bond motifs is 1. The van der Waals surface area contributed by atoms with Crippen molar-refractivity contribution in [3.05, 3.63) is 0 Å². The number of piperidine rings is 1. The summed E-state index contributed by atoms with van der Waals surface area (Å²) in [6.45, 7) is 0. The molecule has 3 unspecified atom stereocenters. The van der Waals surface area contributed by atoms with Gasteiger partial charge in [0.1, 0.15) is 0 Å². The molecule has 0 aromatic rings. The molecule has 0 spiro atoms. The number of halogens is 1. The van der Waals surface area contributed by atoms with Crippen LogP contribution in [0.1, 0.15) is 12.8 Å². The van der Waals surface area contributed by atoms with Crippen molar-refractivity contribution < 1.29 is 0 Å². The van der Waals surface area contributed by atoms with Gasteiger partial charge in [-0.3, -0.25) is 5.32 Å². The second-order valence-electron chi connectivity index (χ2n) is 2.69. The van der Waals surface area contributed by atoms with E-state index in [0.717, 1.165) is 18.4 Å². The number of nitrogens with zero attached hydrogens (tertiary/aromatic N) is 1. The molecule has 1 aliphatic carbocycles. The molecule has 0 amide bonds. The van der Waals surface area contributed by atoms with Crippen molar-refractivity contribution in [1.29, 1.82) is 5.26 Å². The van der Waals surface area contributed by atoms with Crippen molar-refractivity contribution in [1.82, 2.24) is 5.32 Å². The highest BCUT2D eigenvalue weighted by Gasteiger charge is 2.45. The van der Waals surface area contributed by atoms with E-state index in [1.165, 1.54) is 6.42 Å². The number of nitriles is 1. The lowest BCUT2D eigenvalue weighted by Crippen LogP contribution is -2.23. The molecule has 3 atom stereocenters. The van der Waals surface area contributed by atoms with E-state index in [4.69, 9.17) is 5.26 Å². The molecule has 1 aliphatic heterocycles. The fraction of sp³-hybridized carbons (Fsp3) is 0.833. The van der Waals surface area contributed by atoms with E-state index in [1.807, 2.05) is 0 Å². The molecule has 0 bridgehead atoms. The highest BCUT2D eigenvalue weighted by molar-refractivity contribution is 5.85. The molecule has 1 N–H and O–H groups in total. The van der Waals surface area contributed by atoms with Crippen molar-refractivity contribution >= 4 is 12.4 Å². The van der Waals surface area contributed by atoms with Gasteiger partial charge in [0.2, 0.25) is 0 Å². The van der Waals surface area contributed by atoms with Gasteiger partial charge in [0.05, 0.1) is 12.1 Å². The van der Waals surface area contributed by atoms with Crippen LogP contribution in [-0.4, -0.2) is 12.1 Å². The highest BCUT2D eigenvalue weighted by Crippen LogP contribution is 2.40. The third-order valence-electron chi connectivity index (χ3n) is 2.03. The highest BCUT2D eigenvalue weighted by atomic mass is 35.5. The molecule has 2 nitrogen and oxygen atoms in total. The number of rotatable bonds is 0. The summed E-state index contributed by atoms with van der Waals surface area (Å²) in [6.07, 6.45) is 2.42. The molecule has 1 saturated heterocycles. The van der Waals surface area contributed by atoms with Gasteiger partial charge in [-0.25, -0.2) is 0 Å². The summed E-state index contributed by atoms with van der Waals surface area (Å²) < 4.78 is 0. The van der Waals surface area contributed by atoms with Gasteiger partial charge in [0, 0.05) is 6.04 Å². The van der Waals surface area contributed by atoms with Gasteiger partial charge in [0.25, 0.3) is 0 Å². The number of nitrogens with one attached hydrogen (secondary N) is 1. The summed E-state index contributed by atoms with van der Waals surface area (Å²) in [4.78, 5) is 0. The topological polar surface area (TPSA) is 35.8 Å².